The van der Waals surface area contributed by atoms with Crippen molar-refractivity contribution in [2.45, 2.75) is 63.7 Å². The highest BCUT2D eigenvalue weighted by Crippen LogP contribution is 2.38. The van der Waals surface area contributed by atoms with E-state index in [4.69, 9.17) is 9.47 Å². The van der Waals surface area contributed by atoms with E-state index in [0.29, 0.717) is 11.3 Å². The Morgan fingerprint density at radius 1 is 1.04 bits per heavy atom. The minimum Gasteiger partial charge on any atom is -0.497 e. The molecule has 14 nitrogen and oxygen atoms in total. The van der Waals surface area contributed by atoms with E-state index < -0.39 is 45.1 Å². The van der Waals surface area contributed by atoms with Gasteiger partial charge in [-0.25, -0.2) is 13.2 Å². The van der Waals surface area contributed by atoms with Crippen molar-refractivity contribution in [3.63, 3.8) is 0 Å². The molecule has 1 aromatic heterocycles. The zero-order valence-electron chi connectivity index (χ0n) is 29.7. The first kappa shape index (κ1) is 39.5. The summed E-state index contributed by atoms with van der Waals surface area (Å²) >= 11 is 0.919. The maximum atomic E-state index is 14.1. The molecule has 0 aliphatic carbocycles. The second-order valence-corrected chi connectivity index (χ2v) is 16.0. The van der Waals surface area contributed by atoms with Crippen molar-refractivity contribution in [1.29, 1.82) is 0 Å². The molecule has 51 heavy (non-hydrogen) atoms. The van der Waals surface area contributed by atoms with Crippen molar-refractivity contribution in [2.24, 2.45) is 11.8 Å². The molecule has 16 heteroatoms. The minimum atomic E-state index is -4.04. The van der Waals surface area contributed by atoms with Crippen molar-refractivity contribution in [1.82, 2.24) is 19.4 Å². The van der Waals surface area contributed by atoms with Gasteiger partial charge in [0.05, 0.1) is 42.7 Å². The zero-order valence-corrected chi connectivity index (χ0v) is 31.4. The number of carbonyl (C=O) groups is 2. The molecule has 0 unspecified atom stereocenters. The third kappa shape index (κ3) is 9.55. The number of benzene rings is 2. The van der Waals surface area contributed by atoms with E-state index in [1.807, 2.05) is 58.0 Å². The van der Waals surface area contributed by atoms with Crippen LogP contribution in [0.2, 0.25) is 0 Å². The summed E-state index contributed by atoms with van der Waals surface area (Å²) in [4.78, 5) is 41.8. The van der Waals surface area contributed by atoms with Crippen LogP contribution in [0.4, 0.5) is 9.80 Å². The number of ether oxygens (including phenoxy) is 2. The van der Waals surface area contributed by atoms with E-state index >= 15 is 0 Å². The van der Waals surface area contributed by atoms with Crippen molar-refractivity contribution in [2.75, 3.05) is 40.4 Å². The van der Waals surface area contributed by atoms with Crippen molar-refractivity contribution in [3.05, 3.63) is 81.2 Å². The topological polar surface area (TPSA) is 172 Å². The molecule has 3 atom stereocenters. The van der Waals surface area contributed by atoms with Gasteiger partial charge in [-0.3, -0.25) is 14.9 Å². The van der Waals surface area contributed by atoms with E-state index in [1.54, 1.807) is 17.5 Å². The summed E-state index contributed by atoms with van der Waals surface area (Å²) in [6.45, 7) is 7.82. The van der Waals surface area contributed by atoms with Crippen LogP contribution in [0.3, 0.4) is 0 Å². The number of urea groups is 1. The van der Waals surface area contributed by atoms with Crippen LogP contribution in [0.15, 0.2) is 64.9 Å². The van der Waals surface area contributed by atoms with E-state index in [2.05, 4.69) is 5.32 Å². The summed E-state index contributed by atoms with van der Waals surface area (Å²) in [5.41, 5.74) is 1.31. The van der Waals surface area contributed by atoms with Gasteiger partial charge in [0.15, 0.2) is 0 Å². The van der Waals surface area contributed by atoms with Gasteiger partial charge in [-0.15, -0.1) is 0 Å². The Bertz CT molecular complexity index is 1750. The van der Waals surface area contributed by atoms with Crippen LogP contribution in [0.1, 0.15) is 38.8 Å². The number of nitrogens with one attached hydrogen (secondary N) is 1. The molecule has 2 N–H and O–H groups in total. The first-order valence-corrected chi connectivity index (χ1v) is 19.0. The molecule has 1 fully saturated rings. The molecule has 278 valence electrons. The number of carbonyl (C=O) groups excluding carboxylic acids is 2. The molecular weight excluding hydrogens is 699 g/mol. The number of nitro groups is 1. The molecule has 3 amide bonds. The number of aliphatic hydroxyl groups excluding tert-OH is 1. The third-order valence-corrected chi connectivity index (χ3v) is 11.4. The van der Waals surface area contributed by atoms with Gasteiger partial charge in [0, 0.05) is 37.1 Å². The molecule has 0 radical (unpaired) electrons. The molecule has 2 aromatic carbocycles. The molecule has 3 aromatic rings. The lowest BCUT2D eigenvalue weighted by molar-refractivity contribution is -0.381. The Morgan fingerprint density at radius 2 is 1.71 bits per heavy atom. The van der Waals surface area contributed by atoms with Crippen LogP contribution < -0.4 is 14.8 Å². The van der Waals surface area contributed by atoms with Gasteiger partial charge in [-0.2, -0.15) is 4.31 Å². The van der Waals surface area contributed by atoms with Crippen molar-refractivity contribution >= 4 is 38.3 Å². The number of nitrogens with zero attached hydrogens (tertiary/aromatic N) is 4. The second-order valence-electron chi connectivity index (χ2n) is 13.2. The fourth-order valence-corrected chi connectivity index (χ4v) is 8.64. The lowest BCUT2D eigenvalue weighted by Crippen LogP contribution is -2.57. The monoisotopic (exact) mass is 745 g/mol. The van der Waals surface area contributed by atoms with E-state index in [9.17, 15) is 33.2 Å². The fourth-order valence-electron chi connectivity index (χ4n) is 6.17. The number of methoxy groups -OCH3 is 2. The number of sulfonamides is 1. The van der Waals surface area contributed by atoms with E-state index in [0.717, 1.165) is 16.9 Å². The predicted molar refractivity (Wildman–Crippen MR) is 193 cm³/mol. The zero-order chi connectivity index (χ0) is 37.5. The summed E-state index contributed by atoms with van der Waals surface area (Å²) in [5.74, 6) is -0.273. The molecule has 1 saturated heterocycles. The van der Waals surface area contributed by atoms with Crippen molar-refractivity contribution in [3.8, 4) is 11.5 Å². The fraction of sp³-hybridized carbons (Fsp3) is 0.486. The molecule has 2 heterocycles. The number of aliphatic hydroxyl groups is 1. The highest BCUT2D eigenvalue weighted by molar-refractivity contribution is 7.89. The first-order valence-electron chi connectivity index (χ1n) is 16.7. The molecule has 0 saturated carbocycles. The minimum absolute atomic E-state index is 0.0476. The average molecular weight is 746 g/mol. The van der Waals surface area contributed by atoms with Gasteiger partial charge in [0.1, 0.15) is 11.8 Å². The number of hydrogen-bond acceptors (Lipinski definition) is 10. The number of rotatable bonds is 18. The Hall–Kier alpha value is -4.25. The number of hydrogen-bond donors (Lipinski definition) is 2. The maximum absolute atomic E-state index is 14.1. The van der Waals surface area contributed by atoms with Gasteiger partial charge >= 0.3 is 11.0 Å². The van der Waals surface area contributed by atoms with Crippen LogP contribution >= 0.6 is 11.3 Å². The smallest absolute Gasteiger partial charge is 0.366 e. The summed E-state index contributed by atoms with van der Waals surface area (Å²) in [6.07, 6.45) is -1.12. The molecule has 1 aliphatic heterocycles. The van der Waals surface area contributed by atoms with E-state index in [1.165, 1.54) is 40.5 Å². The van der Waals surface area contributed by atoms with Gasteiger partial charge in [-0.1, -0.05) is 69.4 Å². The van der Waals surface area contributed by atoms with Crippen LogP contribution in [-0.2, 0) is 27.8 Å². The highest BCUT2D eigenvalue weighted by Gasteiger charge is 2.41. The van der Waals surface area contributed by atoms with Crippen LogP contribution in [0, 0.1) is 22.0 Å². The highest BCUT2D eigenvalue weighted by atomic mass is 32.2. The second kappa shape index (κ2) is 17.3. The molecule has 0 spiro atoms. The van der Waals surface area contributed by atoms with Gasteiger partial charge in [0.25, 0.3) is 0 Å². The molecule has 1 aliphatic rings. The normalized spacial score (nSPS) is 15.4. The predicted octanol–water partition coefficient (Wildman–Crippen LogP) is 4.37. The lowest BCUT2D eigenvalue weighted by Gasteiger charge is -2.34. The van der Waals surface area contributed by atoms with Gasteiger partial charge in [-0.05, 0) is 48.1 Å². The standard InChI is InChI=1S/C35H47N5O9S2/c1-23(2)19-38(51(46,47)28-14-12-27(48-5)13-15-28)21-30(41)29(18-25-10-8-7-9-11-25)36-33(42)31(24(3)4)39-17-16-37(35(39)43)20-26-22-50-34(40(44)45)32(26)49-6/h7-15,22-24,29-31,41H,16-21H2,1-6H3,(H,36,42)/t29-,30+,31-/m0/s1. The van der Waals surface area contributed by atoms with Crippen LogP contribution in [-0.4, -0.2) is 103 Å². The summed E-state index contributed by atoms with van der Waals surface area (Å²) in [6, 6.07) is 13.0. The largest absolute Gasteiger partial charge is 0.497 e. The molecular formula is C35H47N5O9S2. The third-order valence-electron chi connectivity index (χ3n) is 8.64. The van der Waals surface area contributed by atoms with Crippen LogP contribution in [0.25, 0.3) is 0 Å². The number of thiophene rings is 1. The first-order chi connectivity index (χ1) is 24.2. The summed E-state index contributed by atoms with van der Waals surface area (Å²) in [5, 5.41) is 27.6. The van der Waals surface area contributed by atoms with Gasteiger partial charge in [0.2, 0.25) is 21.7 Å². The summed E-state index contributed by atoms with van der Waals surface area (Å²) < 4.78 is 39.4. The Morgan fingerprint density at radius 3 is 2.27 bits per heavy atom. The van der Waals surface area contributed by atoms with Crippen molar-refractivity contribution < 1.29 is 37.5 Å². The quantitative estimate of drug-likeness (QED) is 0.142. The Kier molecular flexibility index (Phi) is 13.4. The van der Waals surface area contributed by atoms with Gasteiger partial charge < -0.3 is 29.7 Å². The van der Waals surface area contributed by atoms with E-state index in [-0.39, 0.29) is 66.6 Å². The SMILES string of the molecule is COc1ccc(S(=O)(=O)N(CC(C)C)C[C@@H](O)[C@H](Cc2ccccc2)NC(=O)[C@H](C(C)C)N2CCN(Cc3csc([N+](=O)[O-])c3OC)C2=O)cc1. The number of amides is 3. The molecule has 4 rings (SSSR count). The Labute approximate surface area is 303 Å². The average Bonchev–Trinajstić information content (AvgIpc) is 3.67. The molecule has 0 bridgehead atoms. The lowest BCUT2D eigenvalue weighted by atomic mass is 9.97. The Balaban J connectivity index is 1.57. The van der Waals surface area contributed by atoms with Crippen LogP contribution in [0.5, 0.6) is 11.5 Å². The maximum Gasteiger partial charge on any atom is 0.366 e. The summed E-state index contributed by atoms with van der Waals surface area (Å²) in [7, 11) is -1.21.